The van der Waals surface area contributed by atoms with Crippen LogP contribution in [0.5, 0.6) is 0 Å². The maximum atomic E-state index is 15.3. The SMILES string of the molecule is C/C=C/C[C@@H](C)[C@@H](O)[C@H]1C(=O)N[C@@H]([C@@H](C)O)C(=O)N(C)[C@H](COC)C(=O)N(C)[C@@H](CC(C)C)C(=O)N[C@@H](CC(C)C)C(=O)N(C)[C@@H](CC(C)C)C(=O)N[C@@H](C)C(=O)N[C@H](C)C(=O)N[C@@H](C[C@H](C)CN2CCOCC2)C(=O)N[C@@H](CC(C)C)C(=O)N(C)[C@@H](C(C)C)C(=O)N1C. The Kier molecular flexibility index (Phi) is 35.4. The quantitative estimate of drug-likeness (QED) is 0.0796. The van der Waals surface area contributed by atoms with Gasteiger partial charge in [-0.25, -0.2) is 0 Å². The van der Waals surface area contributed by atoms with Gasteiger partial charge in [0.15, 0.2) is 0 Å². The first-order valence-electron chi connectivity index (χ1n) is 33.7. The van der Waals surface area contributed by atoms with Gasteiger partial charge in [0, 0.05) is 62.0 Å². The van der Waals surface area contributed by atoms with Crippen LogP contribution >= 0.6 is 0 Å². The summed E-state index contributed by atoms with van der Waals surface area (Å²) in [5, 5.41) is 40.1. The number of rotatable bonds is 20. The van der Waals surface area contributed by atoms with Crippen molar-refractivity contribution in [1.29, 1.82) is 0 Å². The zero-order valence-corrected chi connectivity index (χ0v) is 60.6. The fourth-order valence-electron chi connectivity index (χ4n) is 12.0. The summed E-state index contributed by atoms with van der Waals surface area (Å²) in [5.74, 6) is -11.0. The number of carbonyl (C=O) groups excluding carboxylic acids is 11. The second-order valence-corrected chi connectivity index (χ2v) is 28.3. The van der Waals surface area contributed by atoms with E-state index in [4.69, 9.17) is 9.47 Å². The third-order valence-electron chi connectivity index (χ3n) is 17.5. The first kappa shape index (κ1) is 83.8. The van der Waals surface area contributed by atoms with Crippen LogP contribution in [0.3, 0.4) is 0 Å². The Labute approximate surface area is 560 Å². The first-order chi connectivity index (χ1) is 43.7. The highest BCUT2D eigenvalue weighted by Gasteiger charge is 2.46. The number of nitrogens with zero attached hydrogens (tertiary/aromatic N) is 6. The summed E-state index contributed by atoms with van der Waals surface area (Å²) >= 11 is 0. The van der Waals surface area contributed by atoms with Gasteiger partial charge in [-0.05, 0) is 108 Å². The standard InChI is InChI=1S/C67H120N12O15/c1-23-24-25-43(13)56(81)55-62(87)73-53(46(16)80)66(91)76(19)52(36-93-22)65(90)75(18)51(33-40(8)9)61(86)72-48(30-37(2)3)63(88)74(17)50(32-39(6)7)60(85)69-44(14)57(82)68-45(15)58(83)70-47(34-42(12)35-79-26-28-94-29-27-79)59(84)71-49(31-38(4)5)64(89)77(20)54(41(10)11)67(92)78(55)21/h23-24,37-56,80-81H,25-36H2,1-22H3,(H,68,82)(H,69,85)(H,70,83)(H,71,84)(H,72,86)(H,73,87)/b24-23+/t42-,43+,44-,45+,46+,47-,48-,49-,50-,51-,52+,53-,54-,55-,56+/m0/s1. The van der Waals surface area contributed by atoms with Gasteiger partial charge in [0.05, 0.1) is 32.0 Å². The highest BCUT2D eigenvalue weighted by molar-refractivity contribution is 6.00. The molecule has 538 valence electrons. The second-order valence-electron chi connectivity index (χ2n) is 28.3. The molecule has 27 heteroatoms. The molecule has 0 unspecified atom stereocenters. The first-order valence-corrected chi connectivity index (χ1v) is 33.7. The van der Waals surface area contributed by atoms with Crippen LogP contribution in [0.2, 0.25) is 0 Å². The molecule has 27 nitrogen and oxygen atoms in total. The number of methoxy groups -OCH3 is 1. The lowest BCUT2D eigenvalue weighted by Crippen LogP contribution is -2.65. The number of morpholine rings is 1. The number of carbonyl (C=O) groups is 11. The Bertz CT molecular complexity index is 2540. The molecule has 11 amide bonds. The minimum atomic E-state index is -1.82. The number of allylic oxidation sites excluding steroid dienone is 2. The van der Waals surface area contributed by atoms with Crippen molar-refractivity contribution in [2.75, 3.05) is 81.8 Å². The molecule has 2 fully saturated rings. The second kappa shape index (κ2) is 39.7. The number of ether oxygens (including phenoxy) is 2. The number of nitrogens with one attached hydrogen (secondary N) is 6. The molecule has 0 spiro atoms. The minimum Gasteiger partial charge on any atom is -0.391 e. The molecule has 0 saturated carbocycles. The zero-order chi connectivity index (χ0) is 71.9. The van der Waals surface area contributed by atoms with Crippen LogP contribution in [0.1, 0.15) is 149 Å². The molecule has 15 atom stereocenters. The van der Waals surface area contributed by atoms with Crippen LogP contribution in [0, 0.1) is 41.4 Å². The number of hydrogen-bond acceptors (Lipinski definition) is 16. The van der Waals surface area contributed by atoms with Gasteiger partial charge in [-0.1, -0.05) is 95.2 Å². The average Bonchev–Trinajstić information content (AvgIpc) is 0.820. The number of amides is 11. The molecule has 8 N–H and O–H groups in total. The number of hydrogen-bond donors (Lipinski definition) is 8. The maximum absolute atomic E-state index is 15.3. The molecule has 0 aliphatic carbocycles. The van der Waals surface area contributed by atoms with Crippen molar-refractivity contribution in [3.05, 3.63) is 12.2 Å². The summed E-state index contributed by atoms with van der Waals surface area (Å²) in [5.41, 5.74) is 0. The molecule has 0 aromatic carbocycles. The van der Waals surface area contributed by atoms with Crippen molar-refractivity contribution in [2.45, 2.75) is 228 Å². The monoisotopic (exact) mass is 1330 g/mol. The highest BCUT2D eigenvalue weighted by atomic mass is 16.5. The highest BCUT2D eigenvalue weighted by Crippen LogP contribution is 2.25. The summed E-state index contributed by atoms with van der Waals surface area (Å²) in [4.78, 5) is 170. The molecule has 0 radical (unpaired) electrons. The van der Waals surface area contributed by atoms with E-state index in [1.54, 1.807) is 39.8 Å². The third kappa shape index (κ3) is 25.0. The molecule has 2 aliphatic rings. The van der Waals surface area contributed by atoms with Gasteiger partial charge < -0.3 is 76.1 Å². The van der Waals surface area contributed by atoms with Crippen LogP contribution in [0.25, 0.3) is 0 Å². The van der Waals surface area contributed by atoms with Crippen molar-refractivity contribution in [3.8, 4) is 0 Å². The fraction of sp³-hybridized carbons (Fsp3) is 0.806. The summed E-state index contributed by atoms with van der Waals surface area (Å²) in [7, 11) is 8.01. The van der Waals surface area contributed by atoms with Gasteiger partial charge in [-0.3, -0.25) is 57.6 Å². The van der Waals surface area contributed by atoms with E-state index in [-0.39, 0.29) is 68.1 Å². The van der Waals surface area contributed by atoms with E-state index >= 15 is 14.4 Å². The summed E-state index contributed by atoms with van der Waals surface area (Å²) < 4.78 is 11.1. The predicted molar refractivity (Wildman–Crippen MR) is 358 cm³/mol. The molecule has 0 aromatic rings. The molecule has 2 heterocycles. The van der Waals surface area contributed by atoms with Crippen LogP contribution in [0.15, 0.2) is 12.2 Å². The zero-order valence-electron chi connectivity index (χ0n) is 60.6. The van der Waals surface area contributed by atoms with Gasteiger partial charge >= 0.3 is 0 Å². The van der Waals surface area contributed by atoms with E-state index in [9.17, 15) is 48.6 Å². The summed E-state index contributed by atoms with van der Waals surface area (Å²) in [6.07, 6.45) is 0.916. The lowest BCUT2D eigenvalue weighted by atomic mass is 9.91. The van der Waals surface area contributed by atoms with Gasteiger partial charge in [0.2, 0.25) is 65.0 Å². The molecule has 2 aliphatic heterocycles. The van der Waals surface area contributed by atoms with Crippen molar-refractivity contribution < 1.29 is 72.4 Å². The Morgan fingerprint density at radius 2 is 0.915 bits per heavy atom. The largest absolute Gasteiger partial charge is 0.391 e. The summed E-state index contributed by atoms with van der Waals surface area (Å²) in [6, 6.07) is -15.2. The van der Waals surface area contributed by atoms with E-state index in [0.717, 1.165) is 14.7 Å². The number of likely N-dealkylation sites (N-methyl/N-ethyl adjacent to an activating group) is 5. The topological polar surface area (TPSA) is 338 Å². The Morgan fingerprint density at radius 3 is 1.38 bits per heavy atom. The van der Waals surface area contributed by atoms with Crippen molar-refractivity contribution in [2.24, 2.45) is 41.4 Å². The number of aliphatic hydroxyl groups excluding tert-OH is 2. The fourth-order valence-corrected chi connectivity index (χ4v) is 12.0. The molecule has 94 heavy (non-hydrogen) atoms. The van der Waals surface area contributed by atoms with E-state index in [2.05, 4.69) is 36.8 Å². The minimum absolute atomic E-state index is 0.0698. The van der Waals surface area contributed by atoms with Crippen LogP contribution in [-0.2, 0) is 62.2 Å². The maximum Gasteiger partial charge on any atom is 0.248 e. The molecule has 0 aromatic heterocycles. The Morgan fingerprint density at radius 1 is 0.489 bits per heavy atom. The normalized spacial score (nSPS) is 27.9. The molecule has 0 bridgehead atoms. The van der Waals surface area contributed by atoms with Crippen molar-refractivity contribution in [1.82, 2.24) is 61.3 Å². The van der Waals surface area contributed by atoms with Crippen molar-refractivity contribution in [3.63, 3.8) is 0 Å². The smallest absolute Gasteiger partial charge is 0.248 e. The van der Waals surface area contributed by atoms with Gasteiger partial charge in [0.1, 0.15) is 66.5 Å². The predicted octanol–water partition coefficient (Wildman–Crippen LogP) is 1.27. The lowest BCUT2D eigenvalue weighted by Gasteiger charge is -2.40. The average molecular weight is 1330 g/mol. The third-order valence-corrected chi connectivity index (χ3v) is 17.5. The van der Waals surface area contributed by atoms with Gasteiger partial charge in [-0.15, -0.1) is 0 Å². The van der Waals surface area contributed by atoms with E-state index in [1.165, 1.54) is 72.9 Å². The van der Waals surface area contributed by atoms with Gasteiger partial charge in [-0.2, -0.15) is 0 Å². The van der Waals surface area contributed by atoms with Crippen molar-refractivity contribution >= 4 is 65.0 Å². The molecule has 2 saturated heterocycles. The number of aliphatic hydroxyl groups is 2. The van der Waals surface area contributed by atoms with Crippen LogP contribution < -0.4 is 31.9 Å². The van der Waals surface area contributed by atoms with Gasteiger partial charge in [0.25, 0.3) is 0 Å². The van der Waals surface area contributed by atoms with E-state index in [0.29, 0.717) is 32.8 Å². The molecular formula is C67H120N12O15. The lowest BCUT2D eigenvalue weighted by molar-refractivity contribution is -0.156. The van der Waals surface area contributed by atoms with E-state index in [1.807, 2.05) is 62.3 Å². The summed E-state index contributed by atoms with van der Waals surface area (Å²) in [6.45, 7) is 29.9. The van der Waals surface area contributed by atoms with E-state index < -0.39 is 162 Å². The van der Waals surface area contributed by atoms with Crippen LogP contribution in [-0.4, -0.2) is 265 Å². The molecule has 2 rings (SSSR count). The molecular weight excluding hydrogens is 1210 g/mol. The Balaban J connectivity index is 3.06. The Hall–Kier alpha value is -6.29. The van der Waals surface area contributed by atoms with Crippen LogP contribution in [0.4, 0.5) is 0 Å².